The van der Waals surface area contributed by atoms with Crippen LogP contribution in [0.3, 0.4) is 0 Å². The summed E-state index contributed by atoms with van der Waals surface area (Å²) in [5.41, 5.74) is 7.81. The third-order valence-corrected chi connectivity index (χ3v) is 8.72. The molecule has 0 heterocycles. The quantitative estimate of drug-likeness (QED) is 0.119. The molecule has 0 radical (unpaired) electrons. The summed E-state index contributed by atoms with van der Waals surface area (Å²) in [6.45, 7) is 9.82. The number of rotatable bonds is 8. The molecule has 5 nitrogen and oxygen atoms in total. The van der Waals surface area contributed by atoms with Crippen LogP contribution in [0.15, 0.2) is 72.8 Å². The van der Waals surface area contributed by atoms with Gasteiger partial charge in [0.05, 0.1) is 12.7 Å². The number of methoxy groups -OCH3 is 1. The zero-order valence-electron chi connectivity index (χ0n) is 26.0. The van der Waals surface area contributed by atoms with Crippen molar-refractivity contribution in [2.45, 2.75) is 72.1 Å². The number of ketones is 1. The highest BCUT2D eigenvalue weighted by Crippen LogP contribution is 2.47. The van der Waals surface area contributed by atoms with Gasteiger partial charge in [-0.1, -0.05) is 43.5 Å². The molecule has 0 unspecified atom stereocenters. The summed E-state index contributed by atoms with van der Waals surface area (Å²) >= 11 is 0. The van der Waals surface area contributed by atoms with Crippen molar-refractivity contribution in [3.8, 4) is 23.0 Å². The standard InChI is InChI=1S/C38H40O5/c1-24-20-31(21-25(2)35(24)41-6)38(18-8-7-9-19-38)32-22-26(3)36(27(4)23-32)43-37(40)30-12-16-34(17-13-30)42-33-14-10-29(11-15-33)28(5)39/h10-17,20-23H,7-9,18-19H2,1-6H3. The zero-order chi connectivity index (χ0) is 30.7. The molecule has 4 aromatic carbocycles. The van der Waals surface area contributed by atoms with Crippen LogP contribution in [0.25, 0.3) is 0 Å². The van der Waals surface area contributed by atoms with E-state index in [9.17, 15) is 9.59 Å². The molecule has 5 rings (SSSR count). The van der Waals surface area contributed by atoms with E-state index in [0.717, 1.165) is 40.8 Å². The van der Waals surface area contributed by atoms with Crippen LogP contribution in [0.1, 0.15) is 93.1 Å². The summed E-state index contributed by atoms with van der Waals surface area (Å²) < 4.78 is 17.5. The highest BCUT2D eigenvalue weighted by molar-refractivity contribution is 5.94. The number of carbonyl (C=O) groups is 2. The molecule has 1 aliphatic rings. The zero-order valence-corrected chi connectivity index (χ0v) is 26.0. The second-order valence-electron chi connectivity index (χ2n) is 11.8. The minimum atomic E-state index is -0.412. The number of hydrogen-bond donors (Lipinski definition) is 0. The van der Waals surface area contributed by atoms with Gasteiger partial charge in [-0.15, -0.1) is 0 Å². The summed E-state index contributed by atoms with van der Waals surface area (Å²) in [5.74, 6) is 2.35. The molecular weight excluding hydrogens is 536 g/mol. The van der Waals surface area contributed by atoms with Crippen LogP contribution in [0.5, 0.6) is 23.0 Å². The number of carbonyl (C=O) groups excluding carboxylic acids is 2. The number of Topliss-reactive ketones (excluding diaryl/α,β-unsaturated/α-hetero) is 1. The van der Waals surface area contributed by atoms with Gasteiger partial charge in [0, 0.05) is 11.0 Å². The molecular formula is C38H40O5. The molecule has 0 atom stereocenters. The average molecular weight is 577 g/mol. The maximum absolute atomic E-state index is 13.2. The van der Waals surface area contributed by atoms with E-state index in [1.54, 1.807) is 55.6 Å². The van der Waals surface area contributed by atoms with Crippen LogP contribution in [-0.4, -0.2) is 18.9 Å². The minimum absolute atomic E-state index is 0.00503. The van der Waals surface area contributed by atoms with E-state index < -0.39 is 5.97 Å². The maximum Gasteiger partial charge on any atom is 0.343 e. The van der Waals surface area contributed by atoms with Crippen molar-refractivity contribution >= 4 is 11.8 Å². The lowest BCUT2D eigenvalue weighted by Gasteiger charge is -2.40. The van der Waals surface area contributed by atoms with Gasteiger partial charge in [0.15, 0.2) is 5.78 Å². The van der Waals surface area contributed by atoms with Crippen LogP contribution in [-0.2, 0) is 5.41 Å². The highest BCUT2D eigenvalue weighted by atomic mass is 16.5. The van der Waals surface area contributed by atoms with Gasteiger partial charge in [0.2, 0.25) is 0 Å². The van der Waals surface area contributed by atoms with Gasteiger partial charge in [0.25, 0.3) is 0 Å². The third-order valence-electron chi connectivity index (χ3n) is 8.72. The first-order valence-corrected chi connectivity index (χ1v) is 15.0. The molecule has 0 bridgehead atoms. The van der Waals surface area contributed by atoms with E-state index in [1.807, 2.05) is 13.8 Å². The number of hydrogen-bond acceptors (Lipinski definition) is 5. The normalized spacial score (nSPS) is 14.2. The molecule has 0 amide bonds. The Labute approximate surface area is 254 Å². The molecule has 4 aromatic rings. The van der Waals surface area contributed by atoms with Crippen LogP contribution in [0.4, 0.5) is 0 Å². The SMILES string of the molecule is COc1c(C)cc(C2(c3cc(C)c(OC(=O)c4ccc(Oc5ccc(C(C)=O)cc5)cc4)c(C)c3)CCCCC2)cc1C. The molecule has 0 saturated heterocycles. The van der Waals surface area contributed by atoms with Crippen molar-refractivity contribution in [1.29, 1.82) is 0 Å². The van der Waals surface area contributed by atoms with E-state index in [1.165, 1.54) is 37.3 Å². The summed E-state index contributed by atoms with van der Waals surface area (Å²) in [6.07, 6.45) is 5.79. The Bertz CT molecular complexity index is 1600. The van der Waals surface area contributed by atoms with Crippen molar-refractivity contribution in [3.05, 3.63) is 117 Å². The van der Waals surface area contributed by atoms with Crippen molar-refractivity contribution in [3.63, 3.8) is 0 Å². The average Bonchev–Trinajstić information content (AvgIpc) is 2.99. The molecule has 5 heteroatoms. The lowest BCUT2D eigenvalue weighted by atomic mass is 9.64. The summed E-state index contributed by atoms with van der Waals surface area (Å²) in [6, 6.07) is 22.9. The first-order valence-electron chi connectivity index (χ1n) is 15.0. The number of benzene rings is 4. The van der Waals surface area contributed by atoms with Crippen molar-refractivity contribution in [1.82, 2.24) is 0 Å². The predicted molar refractivity (Wildman–Crippen MR) is 170 cm³/mol. The van der Waals surface area contributed by atoms with Gasteiger partial charge in [-0.3, -0.25) is 4.79 Å². The second kappa shape index (κ2) is 12.5. The lowest BCUT2D eigenvalue weighted by molar-refractivity contribution is 0.0732. The van der Waals surface area contributed by atoms with E-state index in [2.05, 4.69) is 38.1 Å². The monoisotopic (exact) mass is 576 g/mol. The lowest BCUT2D eigenvalue weighted by Crippen LogP contribution is -2.31. The van der Waals surface area contributed by atoms with Gasteiger partial charge < -0.3 is 14.2 Å². The van der Waals surface area contributed by atoms with Crippen LogP contribution >= 0.6 is 0 Å². The molecule has 1 aliphatic carbocycles. The Morgan fingerprint density at radius 3 is 1.51 bits per heavy atom. The first-order chi connectivity index (χ1) is 20.6. The second-order valence-corrected chi connectivity index (χ2v) is 11.8. The Hall–Kier alpha value is -4.38. The summed E-state index contributed by atoms with van der Waals surface area (Å²) in [7, 11) is 1.73. The Balaban J connectivity index is 1.37. The van der Waals surface area contributed by atoms with Gasteiger partial charge in [-0.2, -0.15) is 0 Å². The molecule has 0 aromatic heterocycles. The van der Waals surface area contributed by atoms with E-state index in [-0.39, 0.29) is 11.2 Å². The largest absolute Gasteiger partial charge is 0.496 e. The predicted octanol–water partition coefficient (Wildman–Crippen LogP) is 9.39. The number of aryl methyl sites for hydroxylation is 4. The maximum atomic E-state index is 13.2. The van der Waals surface area contributed by atoms with E-state index in [4.69, 9.17) is 14.2 Å². The molecule has 0 spiro atoms. The Kier molecular flexibility index (Phi) is 8.72. The Morgan fingerprint density at radius 1 is 0.628 bits per heavy atom. The molecule has 1 fully saturated rings. The highest BCUT2D eigenvalue weighted by Gasteiger charge is 2.37. The number of ether oxygens (including phenoxy) is 3. The summed E-state index contributed by atoms with van der Waals surface area (Å²) in [4.78, 5) is 24.7. The Morgan fingerprint density at radius 2 is 1.07 bits per heavy atom. The van der Waals surface area contributed by atoms with E-state index in [0.29, 0.717) is 28.4 Å². The molecule has 1 saturated carbocycles. The number of esters is 1. The van der Waals surface area contributed by atoms with Crippen molar-refractivity contribution in [2.75, 3.05) is 7.11 Å². The first kappa shape index (κ1) is 30.1. The topological polar surface area (TPSA) is 61.8 Å². The van der Waals surface area contributed by atoms with Crippen molar-refractivity contribution in [2.24, 2.45) is 0 Å². The van der Waals surface area contributed by atoms with E-state index >= 15 is 0 Å². The van der Waals surface area contributed by atoms with Gasteiger partial charge in [0.1, 0.15) is 23.0 Å². The molecule has 222 valence electrons. The molecule has 0 aliphatic heterocycles. The third kappa shape index (κ3) is 6.22. The fraction of sp³-hybridized carbons (Fsp3) is 0.316. The van der Waals surface area contributed by atoms with Gasteiger partial charge in [-0.05, 0) is 129 Å². The van der Waals surface area contributed by atoms with Crippen molar-refractivity contribution < 1.29 is 23.8 Å². The fourth-order valence-corrected chi connectivity index (χ4v) is 6.54. The summed E-state index contributed by atoms with van der Waals surface area (Å²) in [5, 5.41) is 0. The van der Waals surface area contributed by atoms with Crippen LogP contribution < -0.4 is 14.2 Å². The van der Waals surface area contributed by atoms with Gasteiger partial charge in [-0.25, -0.2) is 4.79 Å². The minimum Gasteiger partial charge on any atom is -0.496 e. The van der Waals surface area contributed by atoms with Gasteiger partial charge >= 0.3 is 5.97 Å². The fourth-order valence-electron chi connectivity index (χ4n) is 6.54. The molecule has 43 heavy (non-hydrogen) atoms. The van der Waals surface area contributed by atoms with Crippen LogP contribution in [0, 0.1) is 27.7 Å². The smallest absolute Gasteiger partial charge is 0.343 e. The molecule has 0 N–H and O–H groups in total. The van der Waals surface area contributed by atoms with Crippen LogP contribution in [0.2, 0.25) is 0 Å².